The van der Waals surface area contributed by atoms with Crippen LogP contribution in [0.15, 0.2) is 30.3 Å². The first-order valence-electron chi connectivity index (χ1n) is 5.99. The van der Waals surface area contributed by atoms with Gasteiger partial charge in [0.1, 0.15) is 0 Å². The Morgan fingerprint density at radius 1 is 1.38 bits per heavy atom. The molecule has 0 spiro atoms. The van der Waals surface area contributed by atoms with Crippen molar-refractivity contribution in [1.29, 1.82) is 5.26 Å². The zero-order chi connectivity index (χ0) is 11.4. The molecule has 0 aliphatic heterocycles. The van der Waals surface area contributed by atoms with Crippen LogP contribution in [-0.2, 0) is 0 Å². The van der Waals surface area contributed by atoms with Gasteiger partial charge < -0.3 is 5.32 Å². The maximum atomic E-state index is 9.16. The highest BCUT2D eigenvalue weighted by Crippen LogP contribution is 2.32. The molecule has 0 amide bonds. The molecule has 1 aromatic rings. The summed E-state index contributed by atoms with van der Waals surface area (Å²) in [7, 11) is 0. The molecule has 2 rings (SSSR count). The van der Waals surface area contributed by atoms with Gasteiger partial charge in [-0.1, -0.05) is 30.3 Å². The van der Waals surface area contributed by atoms with Crippen molar-refractivity contribution in [2.75, 3.05) is 6.54 Å². The minimum absolute atomic E-state index is 0.0256. The molecule has 1 fully saturated rings. The van der Waals surface area contributed by atoms with Gasteiger partial charge in [0.05, 0.1) is 12.0 Å². The molecule has 2 atom stereocenters. The van der Waals surface area contributed by atoms with Gasteiger partial charge in [-0.15, -0.1) is 0 Å². The van der Waals surface area contributed by atoms with E-state index in [9.17, 15) is 0 Å². The second kappa shape index (κ2) is 5.14. The zero-order valence-corrected chi connectivity index (χ0v) is 9.69. The molecule has 1 aromatic carbocycles. The third-order valence-corrected chi connectivity index (χ3v) is 3.33. The first-order valence-corrected chi connectivity index (χ1v) is 5.99. The molecule has 1 N–H and O–H groups in total. The van der Waals surface area contributed by atoms with Crippen LogP contribution in [0.25, 0.3) is 0 Å². The van der Waals surface area contributed by atoms with E-state index in [1.54, 1.807) is 0 Å². The predicted molar refractivity (Wildman–Crippen MR) is 65.0 cm³/mol. The highest BCUT2D eigenvalue weighted by molar-refractivity contribution is 5.25. The molecular weight excluding hydrogens is 196 g/mol. The molecule has 2 unspecified atom stereocenters. The Morgan fingerprint density at radius 2 is 2.06 bits per heavy atom. The van der Waals surface area contributed by atoms with Crippen molar-refractivity contribution in [3.63, 3.8) is 0 Å². The lowest BCUT2D eigenvalue weighted by Gasteiger charge is -2.15. The van der Waals surface area contributed by atoms with Crippen molar-refractivity contribution in [3.8, 4) is 6.07 Å². The molecule has 0 saturated heterocycles. The van der Waals surface area contributed by atoms with Gasteiger partial charge in [-0.2, -0.15) is 5.26 Å². The van der Waals surface area contributed by atoms with Crippen molar-refractivity contribution < 1.29 is 0 Å². The van der Waals surface area contributed by atoms with Crippen LogP contribution in [0.1, 0.15) is 31.2 Å². The van der Waals surface area contributed by atoms with E-state index in [2.05, 4.69) is 18.3 Å². The fraction of sp³-hybridized carbons (Fsp3) is 0.500. The topological polar surface area (TPSA) is 35.8 Å². The Labute approximate surface area is 97.3 Å². The van der Waals surface area contributed by atoms with Crippen molar-refractivity contribution in [2.24, 2.45) is 5.92 Å². The van der Waals surface area contributed by atoms with E-state index < -0.39 is 0 Å². The average Bonchev–Trinajstić information content (AvgIpc) is 3.15. The molecule has 2 heteroatoms. The van der Waals surface area contributed by atoms with Crippen molar-refractivity contribution >= 4 is 0 Å². The van der Waals surface area contributed by atoms with Gasteiger partial charge >= 0.3 is 0 Å². The summed E-state index contributed by atoms with van der Waals surface area (Å²) in [6.07, 6.45) is 2.69. The molecule has 0 radical (unpaired) electrons. The standard InChI is InChI=1S/C14H18N2/c1-11(12-7-8-12)16-10-14(9-15)13-5-3-2-4-6-13/h2-6,11-12,14,16H,7-8,10H2,1H3. The Balaban J connectivity index is 1.88. The summed E-state index contributed by atoms with van der Waals surface area (Å²) in [5, 5.41) is 12.6. The van der Waals surface area contributed by atoms with Gasteiger partial charge in [-0.3, -0.25) is 0 Å². The number of benzene rings is 1. The minimum atomic E-state index is -0.0256. The molecule has 1 aliphatic rings. The summed E-state index contributed by atoms with van der Waals surface area (Å²) < 4.78 is 0. The lowest BCUT2D eigenvalue weighted by Crippen LogP contribution is -2.31. The van der Waals surface area contributed by atoms with E-state index in [0.717, 1.165) is 18.0 Å². The number of hydrogen-bond donors (Lipinski definition) is 1. The maximum absolute atomic E-state index is 9.16. The molecule has 0 aromatic heterocycles. The summed E-state index contributed by atoms with van der Waals surface area (Å²) in [6, 6.07) is 12.9. The second-order valence-electron chi connectivity index (χ2n) is 4.63. The number of nitrogens with one attached hydrogen (secondary N) is 1. The summed E-state index contributed by atoms with van der Waals surface area (Å²) in [6.45, 7) is 2.98. The number of nitriles is 1. The molecule has 0 bridgehead atoms. The Hall–Kier alpha value is -1.33. The Kier molecular flexibility index (Phi) is 3.58. The van der Waals surface area contributed by atoms with Crippen LogP contribution in [0.5, 0.6) is 0 Å². The van der Waals surface area contributed by atoms with Gasteiger partial charge in [0.2, 0.25) is 0 Å². The highest BCUT2D eigenvalue weighted by atomic mass is 14.9. The number of hydrogen-bond acceptors (Lipinski definition) is 2. The summed E-state index contributed by atoms with van der Waals surface area (Å²) in [5.41, 5.74) is 1.11. The van der Waals surface area contributed by atoms with Crippen LogP contribution in [-0.4, -0.2) is 12.6 Å². The monoisotopic (exact) mass is 214 g/mol. The third kappa shape index (κ3) is 2.84. The van der Waals surface area contributed by atoms with Crippen LogP contribution in [0.4, 0.5) is 0 Å². The van der Waals surface area contributed by atoms with Crippen molar-refractivity contribution in [1.82, 2.24) is 5.32 Å². The molecule has 1 saturated carbocycles. The molecule has 1 aliphatic carbocycles. The minimum Gasteiger partial charge on any atom is -0.312 e. The SMILES string of the molecule is CC(NCC(C#N)c1ccccc1)C1CC1. The van der Waals surface area contributed by atoms with Gasteiger partial charge in [-0.05, 0) is 31.2 Å². The fourth-order valence-corrected chi connectivity index (χ4v) is 1.99. The van der Waals surface area contributed by atoms with E-state index in [-0.39, 0.29) is 5.92 Å². The number of nitrogens with zero attached hydrogens (tertiary/aromatic N) is 1. The van der Waals surface area contributed by atoms with E-state index in [1.807, 2.05) is 30.3 Å². The van der Waals surface area contributed by atoms with Crippen molar-refractivity contribution in [3.05, 3.63) is 35.9 Å². The highest BCUT2D eigenvalue weighted by Gasteiger charge is 2.27. The molecule has 2 nitrogen and oxygen atoms in total. The van der Waals surface area contributed by atoms with Crippen LogP contribution in [0, 0.1) is 17.2 Å². The summed E-state index contributed by atoms with van der Waals surface area (Å²) >= 11 is 0. The average molecular weight is 214 g/mol. The smallest absolute Gasteiger partial charge is 0.0837 e. The largest absolute Gasteiger partial charge is 0.312 e. The van der Waals surface area contributed by atoms with Crippen molar-refractivity contribution in [2.45, 2.75) is 31.7 Å². The normalized spacial score (nSPS) is 18.8. The fourth-order valence-electron chi connectivity index (χ4n) is 1.99. The zero-order valence-electron chi connectivity index (χ0n) is 9.69. The Morgan fingerprint density at radius 3 is 2.62 bits per heavy atom. The number of rotatable bonds is 5. The van der Waals surface area contributed by atoms with Crippen LogP contribution >= 0.6 is 0 Å². The lowest BCUT2D eigenvalue weighted by molar-refractivity contribution is 0.489. The van der Waals surface area contributed by atoms with Gasteiger partial charge in [0, 0.05) is 12.6 Å². The van der Waals surface area contributed by atoms with Crippen LogP contribution in [0.3, 0.4) is 0 Å². The lowest BCUT2D eigenvalue weighted by atomic mass is 10.0. The first kappa shape index (κ1) is 11.2. The first-order chi connectivity index (χ1) is 7.81. The second-order valence-corrected chi connectivity index (χ2v) is 4.63. The van der Waals surface area contributed by atoms with Gasteiger partial charge in [-0.25, -0.2) is 0 Å². The maximum Gasteiger partial charge on any atom is 0.0837 e. The van der Waals surface area contributed by atoms with Crippen LogP contribution in [0.2, 0.25) is 0 Å². The van der Waals surface area contributed by atoms with E-state index in [4.69, 9.17) is 5.26 Å². The van der Waals surface area contributed by atoms with E-state index in [0.29, 0.717) is 6.04 Å². The van der Waals surface area contributed by atoms with E-state index in [1.165, 1.54) is 12.8 Å². The molecule has 0 heterocycles. The Bertz CT molecular complexity index is 362. The predicted octanol–water partition coefficient (Wildman–Crippen LogP) is 2.68. The van der Waals surface area contributed by atoms with Crippen LogP contribution < -0.4 is 5.32 Å². The molecule has 16 heavy (non-hydrogen) atoms. The summed E-state index contributed by atoms with van der Waals surface area (Å²) in [5.74, 6) is 0.817. The molecular formula is C14H18N2. The third-order valence-electron chi connectivity index (χ3n) is 3.33. The molecule has 84 valence electrons. The van der Waals surface area contributed by atoms with Gasteiger partial charge in [0.15, 0.2) is 0 Å². The summed E-state index contributed by atoms with van der Waals surface area (Å²) in [4.78, 5) is 0. The quantitative estimate of drug-likeness (QED) is 0.818. The van der Waals surface area contributed by atoms with Gasteiger partial charge in [0.25, 0.3) is 0 Å². The van der Waals surface area contributed by atoms with E-state index >= 15 is 0 Å².